The zero-order valence-corrected chi connectivity index (χ0v) is 32.8. The molecule has 2 aromatic heterocycles. The summed E-state index contributed by atoms with van der Waals surface area (Å²) in [5, 5.41) is 19.6. The molecule has 1 fully saturated rings. The topological polar surface area (TPSA) is 109 Å². The van der Waals surface area contributed by atoms with Gasteiger partial charge in [-0.2, -0.15) is 5.10 Å². The number of aryl methyl sites for hydroxylation is 2. The monoisotopic (exact) mass is 771 g/mol. The van der Waals surface area contributed by atoms with Gasteiger partial charge in [-0.3, -0.25) is 18.8 Å². The molecular weight excluding hydrogens is 726 g/mol. The van der Waals surface area contributed by atoms with Gasteiger partial charge in [0.2, 0.25) is 0 Å². The van der Waals surface area contributed by atoms with Gasteiger partial charge in [-0.25, -0.2) is 4.79 Å². The van der Waals surface area contributed by atoms with Crippen molar-refractivity contribution < 1.29 is 19.4 Å². The first kappa shape index (κ1) is 38.6. The molecule has 0 aliphatic carbocycles. The molecule has 9 nitrogen and oxygen atoms in total. The fourth-order valence-electron chi connectivity index (χ4n) is 6.80. The number of aromatic nitrogens is 2. The second-order valence-electron chi connectivity index (χ2n) is 13.5. The normalized spacial score (nSPS) is 14.6. The lowest BCUT2D eigenvalue weighted by atomic mass is 9.98. The van der Waals surface area contributed by atoms with Crippen molar-refractivity contribution in [1.29, 1.82) is 0 Å². The third-order valence-electron chi connectivity index (χ3n) is 9.51. The number of rotatable bonds is 17. The molecule has 3 aromatic carbocycles. The average Bonchev–Trinajstić information content (AvgIpc) is 3.68. The molecule has 0 amide bonds. The number of carboxylic acid groups (broad SMARTS) is 1. The summed E-state index contributed by atoms with van der Waals surface area (Å²) in [7, 11) is 2.04. The molecule has 12 heteroatoms. The largest absolute Gasteiger partial charge is 0.483 e. The summed E-state index contributed by atoms with van der Waals surface area (Å²) in [5.74, 6) is 0.251. The number of carbonyl (C=O) groups excluding carboxylic acids is 1. The number of carbonyl (C=O) groups is 2. The van der Waals surface area contributed by atoms with Crippen molar-refractivity contribution in [3.05, 3.63) is 93.5 Å². The number of nitrogens with zero attached hydrogens (tertiary/aromatic N) is 4. The van der Waals surface area contributed by atoms with Gasteiger partial charge in [0, 0.05) is 55.1 Å². The van der Waals surface area contributed by atoms with Gasteiger partial charge in [0.25, 0.3) is 0 Å². The minimum Gasteiger partial charge on any atom is -0.483 e. The van der Waals surface area contributed by atoms with Crippen LogP contribution in [0.3, 0.4) is 0 Å². The standard InChI is InChI=1S/C41H46ClN5O4S2/c1-4-8-27(2)37-34-15-14-28(24-35(34)46(3)45-37)10-7-18-43-32-12-5-9-29(23-32)26-52-47-19-16-31(17-20-47)44-33-13-6-11-30(25-33)39-36(42)38(51-22-21-48)40(53-39)41(49)50/h5-6,9,11-15,18,21,23-25,27,31,44H,4,7-8,10,16-17,19-20,22,26H2,1-3H3,(H,49,50). The van der Waals surface area contributed by atoms with Crippen LogP contribution in [-0.2, 0) is 24.0 Å². The van der Waals surface area contributed by atoms with Crippen molar-refractivity contribution >= 4 is 75.6 Å². The van der Waals surface area contributed by atoms with E-state index in [1.807, 2.05) is 54.2 Å². The number of aldehydes is 1. The molecule has 2 N–H and O–H groups in total. The molecule has 0 saturated carbocycles. The van der Waals surface area contributed by atoms with Crippen molar-refractivity contribution in [1.82, 2.24) is 14.1 Å². The molecule has 0 spiro atoms. The molecule has 1 saturated heterocycles. The quantitative estimate of drug-likeness (QED) is 0.0546. The average molecular weight is 772 g/mol. The third kappa shape index (κ3) is 9.69. The van der Waals surface area contributed by atoms with E-state index < -0.39 is 5.97 Å². The number of hydrogen-bond donors (Lipinski definition) is 2. The Morgan fingerprint density at radius 1 is 1.15 bits per heavy atom. The number of halogens is 1. The van der Waals surface area contributed by atoms with Crippen LogP contribution < -0.4 is 10.1 Å². The van der Waals surface area contributed by atoms with Crippen LogP contribution in [0.15, 0.2) is 71.7 Å². The maximum Gasteiger partial charge on any atom is 0.349 e. The van der Waals surface area contributed by atoms with E-state index in [2.05, 4.69) is 65.9 Å². The van der Waals surface area contributed by atoms with Crippen LogP contribution in [0.4, 0.5) is 11.4 Å². The number of aromatic carboxylic acids is 1. The van der Waals surface area contributed by atoms with E-state index in [9.17, 15) is 14.7 Å². The Balaban J connectivity index is 0.964. The lowest BCUT2D eigenvalue weighted by Gasteiger charge is -2.32. The number of nitrogens with one attached hydrogen (secondary N) is 1. The first-order valence-corrected chi connectivity index (χ1v) is 20.3. The Hall–Kier alpha value is -4.16. The van der Waals surface area contributed by atoms with Crippen LogP contribution in [0.2, 0.25) is 5.02 Å². The first-order valence-electron chi connectivity index (χ1n) is 18.2. The maximum absolute atomic E-state index is 11.8. The van der Waals surface area contributed by atoms with Crippen LogP contribution in [0.5, 0.6) is 5.75 Å². The van der Waals surface area contributed by atoms with Gasteiger partial charge in [-0.15, -0.1) is 11.3 Å². The van der Waals surface area contributed by atoms with Gasteiger partial charge in [0.15, 0.2) is 16.9 Å². The summed E-state index contributed by atoms with van der Waals surface area (Å²) in [5.41, 5.74) is 7.69. The molecule has 0 radical (unpaired) electrons. The number of piperidine rings is 1. The van der Waals surface area contributed by atoms with Crippen LogP contribution in [0.1, 0.15) is 78.4 Å². The minimum atomic E-state index is -1.14. The Kier molecular flexibility index (Phi) is 13.3. The van der Waals surface area contributed by atoms with Gasteiger partial charge in [0.05, 0.1) is 21.8 Å². The van der Waals surface area contributed by atoms with Gasteiger partial charge in [0.1, 0.15) is 11.6 Å². The predicted molar refractivity (Wildman–Crippen MR) is 220 cm³/mol. The zero-order chi connectivity index (χ0) is 37.3. The Labute approximate surface area is 324 Å². The van der Waals surface area contributed by atoms with E-state index in [1.54, 1.807) is 0 Å². The summed E-state index contributed by atoms with van der Waals surface area (Å²) >= 11 is 9.45. The summed E-state index contributed by atoms with van der Waals surface area (Å²) in [6.07, 6.45) is 8.73. The van der Waals surface area contributed by atoms with Gasteiger partial charge < -0.3 is 15.2 Å². The first-order chi connectivity index (χ1) is 25.7. The molecule has 1 unspecified atom stereocenters. The van der Waals surface area contributed by atoms with Gasteiger partial charge >= 0.3 is 5.97 Å². The molecule has 5 aromatic rings. The van der Waals surface area contributed by atoms with Crippen LogP contribution in [0.25, 0.3) is 21.3 Å². The van der Waals surface area contributed by atoms with Gasteiger partial charge in [-0.1, -0.05) is 80.2 Å². The highest BCUT2D eigenvalue weighted by Gasteiger charge is 2.25. The van der Waals surface area contributed by atoms with E-state index in [4.69, 9.17) is 26.4 Å². The number of carboxylic acids is 1. The fraction of sp³-hybridized carbons (Fsp3) is 0.366. The van der Waals surface area contributed by atoms with E-state index in [1.165, 1.54) is 27.7 Å². The SMILES string of the molecule is CCCC(C)c1nn(C)c2cc(CCC=Nc3cccc(CSN4CCC(Nc5cccc(-c6sc(C(=O)O)c(OCC=O)c6Cl)c5)CC4)c3)ccc12. The van der Waals surface area contributed by atoms with E-state index in [0.29, 0.717) is 23.1 Å². The summed E-state index contributed by atoms with van der Waals surface area (Å²) in [4.78, 5) is 28.0. The molecule has 1 aliphatic rings. The highest BCUT2D eigenvalue weighted by molar-refractivity contribution is 7.96. The Morgan fingerprint density at radius 3 is 2.74 bits per heavy atom. The number of benzene rings is 3. The number of aliphatic imine (C=N–C) groups is 1. The lowest BCUT2D eigenvalue weighted by molar-refractivity contribution is -0.109. The molecule has 3 heterocycles. The van der Waals surface area contributed by atoms with E-state index in [0.717, 1.165) is 85.6 Å². The van der Waals surface area contributed by atoms with E-state index >= 15 is 0 Å². The Bertz CT molecular complexity index is 2070. The number of ether oxygens (including phenoxy) is 1. The minimum absolute atomic E-state index is 0.0220. The molecule has 1 aliphatic heterocycles. The lowest BCUT2D eigenvalue weighted by Crippen LogP contribution is -2.35. The molecular formula is C41H46ClN5O4S2. The number of thiophene rings is 1. The number of fused-ring (bicyclic) bond motifs is 1. The van der Waals surface area contributed by atoms with Crippen molar-refractivity contribution in [2.45, 2.75) is 70.1 Å². The highest BCUT2D eigenvalue weighted by atomic mass is 35.5. The third-order valence-corrected chi connectivity index (χ3v) is 12.4. The second kappa shape index (κ2) is 18.2. The van der Waals surface area contributed by atoms with Crippen molar-refractivity contribution in [3.8, 4) is 16.2 Å². The second-order valence-corrected chi connectivity index (χ2v) is 15.9. The molecule has 0 bridgehead atoms. The maximum atomic E-state index is 11.8. The number of hydrogen-bond acceptors (Lipinski definition) is 9. The smallest absolute Gasteiger partial charge is 0.349 e. The van der Waals surface area contributed by atoms with Crippen LogP contribution in [-0.4, -0.2) is 63.4 Å². The Morgan fingerprint density at radius 2 is 1.96 bits per heavy atom. The molecule has 1 atom stereocenters. The van der Waals surface area contributed by atoms with Crippen molar-refractivity contribution in [2.75, 3.05) is 25.0 Å². The van der Waals surface area contributed by atoms with Crippen molar-refractivity contribution in [2.24, 2.45) is 12.0 Å². The number of anilines is 1. The molecule has 278 valence electrons. The predicted octanol–water partition coefficient (Wildman–Crippen LogP) is 10.2. The highest BCUT2D eigenvalue weighted by Crippen LogP contribution is 2.46. The summed E-state index contributed by atoms with van der Waals surface area (Å²) in [6, 6.07) is 23.4. The summed E-state index contributed by atoms with van der Waals surface area (Å²) in [6.45, 7) is 6.18. The fourth-order valence-corrected chi connectivity index (χ4v) is 9.18. The van der Waals surface area contributed by atoms with Crippen LogP contribution in [0, 0.1) is 0 Å². The molecule has 53 heavy (non-hydrogen) atoms. The zero-order valence-electron chi connectivity index (χ0n) is 30.4. The summed E-state index contributed by atoms with van der Waals surface area (Å²) < 4.78 is 9.82. The molecule has 6 rings (SSSR count). The van der Waals surface area contributed by atoms with Crippen LogP contribution >= 0.6 is 34.9 Å². The van der Waals surface area contributed by atoms with E-state index in [-0.39, 0.29) is 22.3 Å². The van der Waals surface area contributed by atoms with Crippen molar-refractivity contribution in [3.63, 3.8) is 0 Å². The van der Waals surface area contributed by atoms with Gasteiger partial charge in [-0.05, 0) is 79.1 Å².